The average Bonchev–Trinajstić information content (AvgIpc) is 2.99. The first-order valence-corrected chi connectivity index (χ1v) is 9.01. The van der Waals surface area contributed by atoms with E-state index in [0.717, 1.165) is 27.3 Å². The molecule has 126 valence electrons. The van der Waals surface area contributed by atoms with Crippen molar-refractivity contribution in [2.75, 3.05) is 7.11 Å². The van der Waals surface area contributed by atoms with Crippen molar-refractivity contribution in [3.05, 3.63) is 63.2 Å². The first-order chi connectivity index (χ1) is 11.2. The van der Waals surface area contributed by atoms with E-state index in [2.05, 4.69) is 44.9 Å². The molecule has 0 saturated heterocycles. The number of hydrogen-bond donors (Lipinski definition) is 0. The Balaban J connectivity index is 0.00000208. The Labute approximate surface area is 164 Å². The molecule has 3 aromatic rings. The van der Waals surface area contributed by atoms with Crippen molar-refractivity contribution in [1.82, 2.24) is 4.57 Å². The van der Waals surface area contributed by atoms with Gasteiger partial charge in [0.2, 0.25) is 0 Å². The highest BCUT2D eigenvalue weighted by Crippen LogP contribution is 2.23. The molecular formula is C18H17Br2N2OS-. The zero-order chi connectivity index (χ0) is 16.2. The first kappa shape index (κ1) is 19.0. The van der Waals surface area contributed by atoms with Crippen molar-refractivity contribution >= 4 is 33.0 Å². The largest absolute Gasteiger partial charge is 1.00 e. The molecule has 24 heavy (non-hydrogen) atoms. The molecule has 2 aromatic carbocycles. The fourth-order valence-corrected chi connectivity index (χ4v) is 3.60. The molecule has 0 aliphatic carbocycles. The first-order valence-electron chi connectivity index (χ1n) is 7.34. The predicted octanol–water partition coefficient (Wildman–Crippen LogP) is 2.24. The van der Waals surface area contributed by atoms with Gasteiger partial charge in [-0.1, -0.05) is 15.9 Å². The lowest BCUT2D eigenvalue weighted by Gasteiger charge is -2.07. The minimum Gasteiger partial charge on any atom is -1.00 e. The van der Waals surface area contributed by atoms with Crippen LogP contribution in [0, 0.1) is 0 Å². The summed E-state index contributed by atoms with van der Waals surface area (Å²) >= 11 is 5.11. The number of hydrogen-bond acceptors (Lipinski definition) is 3. The fourth-order valence-electron chi connectivity index (χ4n) is 2.34. The summed E-state index contributed by atoms with van der Waals surface area (Å²) in [5, 5.41) is 2.16. The standard InChI is InChI=1S/C18H17BrN2OS.BrH/c1-3-21-17(13-4-10-16(22-2)11-5-13)12-23-18(21)20-15-8-6-14(19)7-9-15;/h4-12H,3H2,1-2H3;1H/p-1. The van der Waals surface area contributed by atoms with E-state index in [1.54, 1.807) is 18.4 Å². The molecule has 3 rings (SSSR count). The summed E-state index contributed by atoms with van der Waals surface area (Å²) in [6.07, 6.45) is 0. The van der Waals surface area contributed by atoms with Crippen LogP contribution in [-0.4, -0.2) is 11.7 Å². The molecule has 1 aromatic heterocycles. The molecule has 0 aliphatic rings. The van der Waals surface area contributed by atoms with Gasteiger partial charge >= 0.3 is 0 Å². The van der Waals surface area contributed by atoms with Crippen molar-refractivity contribution < 1.29 is 21.7 Å². The zero-order valence-electron chi connectivity index (χ0n) is 13.4. The van der Waals surface area contributed by atoms with Crippen LogP contribution in [-0.2, 0) is 6.54 Å². The molecule has 3 nitrogen and oxygen atoms in total. The SMILES string of the molecule is CCn1c(-c2ccc(OC)cc2)csc1=Nc1ccc(Br)cc1.[Br-]. The van der Waals surface area contributed by atoms with E-state index < -0.39 is 0 Å². The van der Waals surface area contributed by atoms with Crippen LogP contribution in [0.4, 0.5) is 5.69 Å². The third-order valence-electron chi connectivity index (χ3n) is 3.55. The smallest absolute Gasteiger partial charge is 0.190 e. The summed E-state index contributed by atoms with van der Waals surface area (Å²) in [6, 6.07) is 16.2. The van der Waals surface area contributed by atoms with Crippen molar-refractivity contribution in [2.24, 2.45) is 4.99 Å². The van der Waals surface area contributed by atoms with Gasteiger partial charge in [0.15, 0.2) is 4.80 Å². The van der Waals surface area contributed by atoms with Crippen LogP contribution in [0.5, 0.6) is 5.75 Å². The summed E-state index contributed by atoms with van der Waals surface area (Å²) in [7, 11) is 1.68. The lowest BCUT2D eigenvalue weighted by atomic mass is 10.1. The molecule has 0 amide bonds. The normalized spacial score (nSPS) is 11.2. The molecule has 0 atom stereocenters. The van der Waals surface area contributed by atoms with Gasteiger partial charge in [-0.15, -0.1) is 11.3 Å². The number of thiazole rings is 1. The lowest BCUT2D eigenvalue weighted by Crippen LogP contribution is -3.00. The molecule has 0 N–H and O–H groups in total. The van der Waals surface area contributed by atoms with E-state index in [4.69, 9.17) is 9.73 Å². The van der Waals surface area contributed by atoms with Crippen molar-refractivity contribution in [3.8, 4) is 17.0 Å². The highest BCUT2D eigenvalue weighted by molar-refractivity contribution is 9.10. The van der Waals surface area contributed by atoms with Crippen LogP contribution >= 0.6 is 27.3 Å². The van der Waals surface area contributed by atoms with E-state index in [0.29, 0.717) is 0 Å². The van der Waals surface area contributed by atoms with Gasteiger partial charge in [-0.3, -0.25) is 0 Å². The zero-order valence-corrected chi connectivity index (χ0v) is 17.4. The Morgan fingerprint density at radius 2 is 1.75 bits per heavy atom. The molecule has 0 radical (unpaired) electrons. The van der Waals surface area contributed by atoms with E-state index in [1.807, 2.05) is 36.4 Å². The molecule has 0 saturated carbocycles. The highest BCUT2D eigenvalue weighted by atomic mass is 79.9. The third-order valence-corrected chi connectivity index (χ3v) is 4.94. The highest BCUT2D eigenvalue weighted by Gasteiger charge is 2.07. The van der Waals surface area contributed by atoms with Gasteiger partial charge in [0.1, 0.15) is 5.75 Å². The summed E-state index contributed by atoms with van der Waals surface area (Å²) in [5.41, 5.74) is 3.30. The molecule has 0 bridgehead atoms. The Morgan fingerprint density at radius 3 is 2.33 bits per heavy atom. The molecule has 0 spiro atoms. The van der Waals surface area contributed by atoms with Crippen LogP contribution in [0.2, 0.25) is 0 Å². The van der Waals surface area contributed by atoms with Crippen LogP contribution < -0.4 is 26.5 Å². The second kappa shape index (κ2) is 8.65. The Morgan fingerprint density at radius 1 is 1.08 bits per heavy atom. The van der Waals surface area contributed by atoms with Gasteiger partial charge < -0.3 is 26.3 Å². The number of nitrogens with zero attached hydrogens (tertiary/aromatic N) is 2. The number of halogens is 2. The minimum atomic E-state index is 0. The van der Waals surface area contributed by atoms with Crippen LogP contribution in [0.3, 0.4) is 0 Å². The Hall–Kier alpha value is -1.37. The second-order valence-electron chi connectivity index (χ2n) is 4.96. The maximum Gasteiger partial charge on any atom is 0.190 e. The summed E-state index contributed by atoms with van der Waals surface area (Å²) in [6.45, 7) is 3.01. The maximum absolute atomic E-state index is 5.23. The second-order valence-corrected chi connectivity index (χ2v) is 6.72. The van der Waals surface area contributed by atoms with Crippen LogP contribution in [0.15, 0.2) is 63.4 Å². The monoisotopic (exact) mass is 467 g/mol. The van der Waals surface area contributed by atoms with Crippen molar-refractivity contribution in [2.45, 2.75) is 13.5 Å². The number of aromatic nitrogens is 1. The van der Waals surface area contributed by atoms with Crippen LogP contribution in [0.1, 0.15) is 6.92 Å². The van der Waals surface area contributed by atoms with Gasteiger partial charge in [-0.25, -0.2) is 4.99 Å². The van der Waals surface area contributed by atoms with E-state index in [1.165, 1.54) is 11.3 Å². The van der Waals surface area contributed by atoms with E-state index in [-0.39, 0.29) is 17.0 Å². The topological polar surface area (TPSA) is 26.5 Å². The maximum atomic E-state index is 5.23. The van der Waals surface area contributed by atoms with E-state index >= 15 is 0 Å². The molecular weight excluding hydrogens is 452 g/mol. The lowest BCUT2D eigenvalue weighted by molar-refractivity contribution is -0.00000483. The van der Waals surface area contributed by atoms with Crippen LogP contribution in [0.25, 0.3) is 11.3 Å². The number of methoxy groups -OCH3 is 1. The molecule has 6 heteroatoms. The van der Waals surface area contributed by atoms with Gasteiger partial charge in [-0.05, 0) is 61.0 Å². The summed E-state index contributed by atoms with van der Waals surface area (Å²) in [5.74, 6) is 0.867. The minimum absolute atomic E-state index is 0. The third kappa shape index (κ3) is 4.18. The predicted molar refractivity (Wildman–Crippen MR) is 99.3 cm³/mol. The number of rotatable bonds is 4. The molecule has 0 fully saturated rings. The quantitative estimate of drug-likeness (QED) is 0.576. The van der Waals surface area contributed by atoms with Gasteiger partial charge in [0.05, 0.1) is 18.5 Å². The van der Waals surface area contributed by atoms with Gasteiger partial charge in [-0.2, -0.15) is 0 Å². The Kier molecular flexibility index (Phi) is 6.83. The van der Waals surface area contributed by atoms with Crippen molar-refractivity contribution in [1.29, 1.82) is 0 Å². The van der Waals surface area contributed by atoms with Gasteiger partial charge in [0, 0.05) is 16.4 Å². The van der Waals surface area contributed by atoms with E-state index in [9.17, 15) is 0 Å². The summed E-state index contributed by atoms with van der Waals surface area (Å²) < 4.78 is 8.52. The Bertz CT molecular complexity index is 852. The average molecular weight is 469 g/mol. The molecule has 0 unspecified atom stereocenters. The number of benzene rings is 2. The molecule has 1 heterocycles. The fraction of sp³-hybridized carbons (Fsp3) is 0.167. The van der Waals surface area contributed by atoms with Gasteiger partial charge in [0.25, 0.3) is 0 Å². The summed E-state index contributed by atoms with van der Waals surface area (Å²) in [4.78, 5) is 5.77. The number of ether oxygens (including phenoxy) is 1. The van der Waals surface area contributed by atoms with Crippen molar-refractivity contribution in [3.63, 3.8) is 0 Å². The molecule has 0 aliphatic heterocycles.